The van der Waals surface area contributed by atoms with Gasteiger partial charge in [0.25, 0.3) is 0 Å². The summed E-state index contributed by atoms with van der Waals surface area (Å²) in [7, 11) is 0.967. The molecule has 0 unspecified atom stereocenters. The molecule has 30 heteroatoms. The molecule has 0 spiro atoms. The van der Waals surface area contributed by atoms with Gasteiger partial charge in [-0.05, 0) is 133 Å². The molecule has 0 saturated heterocycles. The first kappa shape index (κ1) is 66.6. The summed E-state index contributed by atoms with van der Waals surface area (Å²) in [6.07, 6.45) is -3.59. The number of rotatable bonds is 5. The number of aliphatic hydroxyl groups is 1. The van der Waals surface area contributed by atoms with Crippen LogP contribution in [0.3, 0.4) is 0 Å². The number of alkyl halides is 1. The minimum Gasteiger partial charge on any atom is -0.508 e. The maximum absolute atomic E-state index is 16.0. The zero-order valence-corrected chi connectivity index (χ0v) is 53.0. The Hall–Kier alpha value is -10.9. The van der Waals surface area contributed by atoms with Crippen LogP contribution in [0.1, 0.15) is 96.0 Å². The average Bonchev–Trinajstić information content (AvgIpc) is 0.777. The van der Waals surface area contributed by atoms with Crippen molar-refractivity contribution in [3.8, 4) is 80.1 Å². The number of fused-ring (bicyclic) bond motifs is 14. The van der Waals surface area contributed by atoms with E-state index in [0.29, 0.717) is 0 Å². The number of alkyl carbamates (subject to hydrolysis) is 1. The maximum atomic E-state index is 16.0. The molecule has 6 aliphatic heterocycles. The number of nitrogens with one attached hydrogen (secondary N) is 7. The Morgan fingerprint density at radius 2 is 1.17 bits per heavy atom. The van der Waals surface area contributed by atoms with Gasteiger partial charge in [0.2, 0.25) is 41.2 Å². The van der Waals surface area contributed by atoms with Gasteiger partial charge in [0.15, 0.2) is 29.0 Å². The van der Waals surface area contributed by atoms with Crippen LogP contribution in [-0.4, -0.2) is 115 Å². The van der Waals surface area contributed by atoms with E-state index in [0.717, 1.165) is 55.6 Å². The number of benzene rings is 7. The highest BCUT2D eigenvalue weighted by atomic mass is 35.5. The molecule has 7 amide bonds. The lowest BCUT2D eigenvalue weighted by Gasteiger charge is -2.31. The minimum atomic E-state index is -2.17. The molecule has 0 fully saturated rings. The molecule has 8 atom stereocenters. The molecule has 13 rings (SSSR count). The number of carbonyl (C=O) groups is 8. The number of ether oxygens (including phenoxy) is 6. The Labute approximate surface area is 559 Å². The van der Waals surface area contributed by atoms with Crippen molar-refractivity contribution >= 4 is 82.3 Å². The quantitative estimate of drug-likeness (QED) is 0.0584. The number of phenols is 5. The molecular weight excluding hydrogens is 1320 g/mol. The van der Waals surface area contributed by atoms with Crippen molar-refractivity contribution in [3.63, 3.8) is 0 Å². The molecule has 7 aromatic rings. The first-order chi connectivity index (χ1) is 45.6. The van der Waals surface area contributed by atoms with Gasteiger partial charge in [-0.1, -0.05) is 47.5 Å². The molecule has 0 aliphatic carbocycles. The fraction of sp³-hybridized carbons (Fsp3) is 0.242. The van der Waals surface area contributed by atoms with E-state index in [4.69, 9.17) is 63.2 Å². The second kappa shape index (κ2) is 26.9. The summed E-state index contributed by atoms with van der Waals surface area (Å²) in [6, 6.07) is 8.76. The number of esters is 1. The Morgan fingerprint density at radius 1 is 0.573 bits per heavy atom. The van der Waals surface area contributed by atoms with Crippen LogP contribution in [0.2, 0.25) is 10.0 Å². The highest BCUT2D eigenvalue weighted by Crippen LogP contribution is 2.49. The fourth-order valence-corrected chi connectivity index (χ4v) is 11.7. The predicted molar refractivity (Wildman–Crippen MR) is 339 cm³/mol. The Balaban J connectivity index is 1.15. The van der Waals surface area contributed by atoms with E-state index in [-0.39, 0.29) is 107 Å². The van der Waals surface area contributed by atoms with Gasteiger partial charge in [0.05, 0.1) is 23.0 Å². The van der Waals surface area contributed by atoms with E-state index in [1.165, 1.54) is 66.7 Å². The number of amides is 7. The molecule has 6 aliphatic rings. The highest BCUT2D eigenvalue weighted by molar-refractivity contribution is 6.32. The lowest BCUT2D eigenvalue weighted by atomic mass is 9.89. The third-order valence-electron chi connectivity index (χ3n) is 15.6. The molecule has 0 saturated carbocycles. The number of methoxy groups -OCH3 is 1. The standard InChI is InChI=1S/C66H58Cl3N7O20/c1-66(2,3)96-65(90)76-51-29-7-10-42(80)46(21-29)93-35-18-31(17-33(77)24-35)52-61(86)73-53-32-22-47(94-44-11-5-27(15-38(44)68)16-40(58(83)71-52)70-59(51)84)57(92-14-13-67)48(23-32)95-45-12-8-30(20-39(45)69)56(82)55-63(88)74-54(64(89)91-4)37-25-34(78)26-43(81)49(37)36-19-28(6-9-41(36)79)50(60(85)75-55)72-62(53)87/h5-12,15,17-26,40,50-56,77-82H,13-14,16H2,1-4H3,(H,70,84)(H,71,83)(H,72,87)(H,73,86)(H,74,88)(H,75,85)(H,76,90)/t40-,50-,51+,52+,53-,54-,55+,56-/m1/s1. The lowest BCUT2D eigenvalue weighted by molar-refractivity contribution is -0.146. The van der Waals surface area contributed by atoms with Crippen LogP contribution in [0.4, 0.5) is 4.79 Å². The van der Waals surface area contributed by atoms with Crippen molar-refractivity contribution in [3.05, 3.63) is 164 Å². The number of aromatic hydroxyl groups is 5. The normalized spacial score (nSPS) is 20.9. The SMILES string of the molecule is COC(=O)[C@@H]1NC(=O)[C@H]2NC(=O)[C@H](NC(=O)[C@@H]3NC(=O)[C@H]4NC(=O)[C@@H](Cc5ccc(c(Cl)c5)Oc5cc3cc(c5OCCCl)Oc3ccc(cc3Cl)[C@H]2O)NC(=O)[C@@H](NC(=O)OC(C)(C)C)c2ccc(O)c(c2)Oc2cc(O)cc4c2)c2ccc(O)c(c2)-c2c(O)cc(O)cc21. The molecule has 17 bridgehead atoms. The first-order valence-corrected chi connectivity index (χ1v) is 30.5. The third kappa shape index (κ3) is 14.0. The van der Waals surface area contributed by atoms with Crippen LogP contribution in [0.5, 0.6) is 69.0 Å². The Bertz CT molecular complexity index is 4380. The van der Waals surface area contributed by atoms with Crippen molar-refractivity contribution in [2.45, 2.75) is 81.2 Å². The average molecular weight is 1380 g/mol. The maximum Gasteiger partial charge on any atom is 0.408 e. The van der Waals surface area contributed by atoms with Crippen molar-refractivity contribution in [2.75, 3.05) is 19.6 Å². The van der Waals surface area contributed by atoms with Gasteiger partial charge < -0.3 is 96.3 Å². The summed E-state index contributed by atoms with van der Waals surface area (Å²) in [5.41, 5.74) is -2.86. The van der Waals surface area contributed by atoms with E-state index < -0.39 is 142 Å². The highest BCUT2D eigenvalue weighted by Gasteiger charge is 2.42. The largest absolute Gasteiger partial charge is 0.508 e. The summed E-state index contributed by atoms with van der Waals surface area (Å²) in [5.74, 6) is -13.5. The lowest BCUT2D eigenvalue weighted by Crippen LogP contribution is -2.55. The fourth-order valence-electron chi connectivity index (χ4n) is 11.2. The smallest absolute Gasteiger partial charge is 0.408 e. The van der Waals surface area contributed by atoms with Gasteiger partial charge in [-0.3, -0.25) is 28.8 Å². The van der Waals surface area contributed by atoms with Gasteiger partial charge >= 0.3 is 12.1 Å². The number of hydrogen-bond acceptors (Lipinski definition) is 20. The Morgan fingerprint density at radius 3 is 1.82 bits per heavy atom. The molecule has 96 heavy (non-hydrogen) atoms. The monoisotopic (exact) mass is 1370 g/mol. The van der Waals surface area contributed by atoms with Gasteiger partial charge in [-0.15, -0.1) is 11.6 Å². The molecule has 6 heterocycles. The zero-order valence-electron chi connectivity index (χ0n) is 50.7. The second-order valence-electron chi connectivity index (χ2n) is 23.4. The summed E-state index contributed by atoms with van der Waals surface area (Å²) in [5, 5.41) is 86.7. The molecule has 27 nitrogen and oxygen atoms in total. The number of carbonyl (C=O) groups excluding carboxylic acids is 8. The van der Waals surface area contributed by atoms with Gasteiger partial charge in [0, 0.05) is 35.2 Å². The third-order valence-corrected chi connectivity index (χ3v) is 16.3. The first-order valence-electron chi connectivity index (χ1n) is 29.3. The number of hydrogen-bond donors (Lipinski definition) is 13. The topological polar surface area (TPSA) is 398 Å². The number of phenolic OH excluding ortho intramolecular Hbond substituents is 5. The van der Waals surface area contributed by atoms with Gasteiger partial charge in [-0.25, -0.2) is 9.59 Å². The van der Waals surface area contributed by atoms with Crippen LogP contribution in [-0.2, 0) is 49.5 Å². The van der Waals surface area contributed by atoms with E-state index in [1.54, 1.807) is 20.8 Å². The van der Waals surface area contributed by atoms with Crippen LogP contribution >= 0.6 is 34.8 Å². The van der Waals surface area contributed by atoms with Crippen molar-refractivity contribution < 1.29 is 97.4 Å². The molecule has 0 radical (unpaired) electrons. The molecular formula is C66H58Cl3N7O20. The minimum absolute atomic E-state index is 0.000848. The zero-order chi connectivity index (χ0) is 68.8. The predicted octanol–water partition coefficient (Wildman–Crippen LogP) is 7.55. The van der Waals surface area contributed by atoms with E-state index in [1.807, 2.05) is 0 Å². The summed E-state index contributed by atoms with van der Waals surface area (Å²) < 4.78 is 36.0. The number of halogens is 3. The van der Waals surface area contributed by atoms with Crippen molar-refractivity contribution in [1.29, 1.82) is 0 Å². The van der Waals surface area contributed by atoms with E-state index >= 15 is 19.2 Å². The van der Waals surface area contributed by atoms with Gasteiger partial charge in [0.1, 0.15) is 94.8 Å². The molecule has 498 valence electrons. The van der Waals surface area contributed by atoms with Crippen molar-refractivity contribution in [1.82, 2.24) is 37.2 Å². The van der Waals surface area contributed by atoms with Crippen LogP contribution in [0.25, 0.3) is 11.1 Å². The van der Waals surface area contributed by atoms with Crippen LogP contribution < -0.4 is 56.2 Å². The van der Waals surface area contributed by atoms with Crippen molar-refractivity contribution in [2.24, 2.45) is 0 Å². The Kier molecular flexibility index (Phi) is 18.6. The summed E-state index contributed by atoms with van der Waals surface area (Å²) in [6.45, 7) is 4.50. The van der Waals surface area contributed by atoms with Gasteiger partial charge in [-0.2, -0.15) is 0 Å². The summed E-state index contributed by atoms with van der Waals surface area (Å²) >= 11 is 20.3. The molecule has 0 aromatic heterocycles. The van der Waals surface area contributed by atoms with Crippen LogP contribution in [0, 0.1) is 0 Å². The molecule has 7 aromatic carbocycles. The van der Waals surface area contributed by atoms with Crippen LogP contribution in [0.15, 0.2) is 115 Å². The second-order valence-corrected chi connectivity index (χ2v) is 24.6. The number of aliphatic hydroxyl groups excluding tert-OH is 1. The van der Waals surface area contributed by atoms with E-state index in [9.17, 15) is 49.8 Å². The summed E-state index contributed by atoms with van der Waals surface area (Å²) in [4.78, 5) is 120. The molecule has 13 N–H and O–H groups in total. The van der Waals surface area contributed by atoms with E-state index in [2.05, 4.69) is 37.2 Å².